The fourth-order valence-electron chi connectivity index (χ4n) is 1.02. The lowest BCUT2D eigenvalue weighted by Crippen LogP contribution is -2.02. The molecule has 0 aromatic heterocycles. The largest absolute Gasteiger partial charge is 0.396 e. The first-order valence-electron chi connectivity index (χ1n) is 3.66. The summed E-state index contributed by atoms with van der Waals surface area (Å²) in [7, 11) is 0. The van der Waals surface area contributed by atoms with Gasteiger partial charge in [-0.05, 0) is 11.6 Å². The number of hydrogen-bond donors (Lipinski definition) is 1. The molecule has 1 atom stereocenters. The van der Waals surface area contributed by atoms with Gasteiger partial charge >= 0.3 is 0 Å². The molecule has 0 spiro atoms. The Labute approximate surface area is 70.2 Å². The zero-order valence-electron chi connectivity index (χ0n) is 6.75. The van der Waals surface area contributed by atoms with Crippen LogP contribution in [0.4, 0.5) is 10.1 Å². The number of para-hydroxylation sites is 1. The van der Waals surface area contributed by atoms with Gasteiger partial charge in [0.05, 0.1) is 5.69 Å². The summed E-state index contributed by atoms with van der Waals surface area (Å²) < 4.78 is 12.8. The summed E-state index contributed by atoms with van der Waals surface area (Å²) >= 11 is 0. The zero-order valence-corrected chi connectivity index (χ0v) is 6.75. The molecule has 12 heavy (non-hydrogen) atoms. The second-order valence-corrected chi connectivity index (χ2v) is 2.67. The summed E-state index contributed by atoms with van der Waals surface area (Å²) in [6.07, 6.45) is 0.741. The van der Waals surface area contributed by atoms with Crippen molar-refractivity contribution < 1.29 is 9.18 Å². The van der Waals surface area contributed by atoms with Crippen LogP contribution in [0.3, 0.4) is 0 Å². The first-order valence-corrected chi connectivity index (χ1v) is 3.66. The Morgan fingerprint density at radius 1 is 1.58 bits per heavy atom. The standard InChI is InChI=1S/C9H10FNO/c1-6(5-12)7-3-2-4-8(10)9(7)11/h2-6H,11H2,1H3. The molecule has 0 saturated heterocycles. The highest BCUT2D eigenvalue weighted by Gasteiger charge is 2.09. The molecule has 0 heterocycles. The number of halogens is 1. The quantitative estimate of drug-likeness (QED) is 0.538. The number of nitrogens with two attached hydrogens (primary N) is 1. The first-order chi connectivity index (χ1) is 5.66. The van der Waals surface area contributed by atoms with Crippen LogP contribution in [0.15, 0.2) is 18.2 Å². The predicted octanol–water partition coefficient (Wildman–Crippen LogP) is 1.71. The SMILES string of the molecule is CC(C=O)c1cccc(F)c1N. The van der Waals surface area contributed by atoms with Gasteiger partial charge in [-0.25, -0.2) is 4.39 Å². The predicted molar refractivity (Wildman–Crippen MR) is 45.3 cm³/mol. The fourth-order valence-corrected chi connectivity index (χ4v) is 1.02. The molecule has 1 aromatic rings. The normalized spacial score (nSPS) is 12.5. The van der Waals surface area contributed by atoms with E-state index in [1.54, 1.807) is 19.1 Å². The number of rotatable bonds is 2. The molecule has 0 radical (unpaired) electrons. The van der Waals surface area contributed by atoms with Crippen LogP contribution in [0, 0.1) is 5.82 Å². The van der Waals surface area contributed by atoms with E-state index in [9.17, 15) is 9.18 Å². The van der Waals surface area contributed by atoms with Crippen LogP contribution in [0.2, 0.25) is 0 Å². The summed E-state index contributed by atoms with van der Waals surface area (Å²) in [4.78, 5) is 10.4. The van der Waals surface area contributed by atoms with Gasteiger partial charge in [0.25, 0.3) is 0 Å². The van der Waals surface area contributed by atoms with Gasteiger partial charge in [-0.1, -0.05) is 19.1 Å². The topological polar surface area (TPSA) is 43.1 Å². The number of hydrogen-bond acceptors (Lipinski definition) is 2. The van der Waals surface area contributed by atoms with E-state index in [-0.39, 0.29) is 11.6 Å². The smallest absolute Gasteiger partial charge is 0.146 e. The molecule has 0 bridgehead atoms. The van der Waals surface area contributed by atoms with Gasteiger partial charge in [0.1, 0.15) is 12.1 Å². The van der Waals surface area contributed by atoms with Crippen LogP contribution in [-0.4, -0.2) is 6.29 Å². The lowest BCUT2D eigenvalue weighted by atomic mass is 10.0. The van der Waals surface area contributed by atoms with Crippen molar-refractivity contribution in [3.05, 3.63) is 29.6 Å². The Kier molecular flexibility index (Phi) is 2.43. The molecule has 2 N–H and O–H groups in total. The van der Waals surface area contributed by atoms with E-state index < -0.39 is 5.82 Å². The minimum atomic E-state index is -0.471. The van der Waals surface area contributed by atoms with Crippen molar-refractivity contribution in [2.45, 2.75) is 12.8 Å². The Morgan fingerprint density at radius 2 is 2.25 bits per heavy atom. The highest BCUT2D eigenvalue weighted by molar-refractivity contribution is 5.66. The van der Waals surface area contributed by atoms with Crippen molar-refractivity contribution in [1.29, 1.82) is 0 Å². The summed E-state index contributed by atoms with van der Waals surface area (Å²) in [5.74, 6) is -0.818. The van der Waals surface area contributed by atoms with Gasteiger partial charge in [-0.2, -0.15) is 0 Å². The average Bonchev–Trinajstić information content (AvgIpc) is 2.08. The third kappa shape index (κ3) is 1.44. The van der Waals surface area contributed by atoms with E-state index in [0.29, 0.717) is 5.56 Å². The van der Waals surface area contributed by atoms with Gasteiger partial charge in [0.2, 0.25) is 0 Å². The minimum Gasteiger partial charge on any atom is -0.396 e. The third-order valence-electron chi connectivity index (χ3n) is 1.78. The van der Waals surface area contributed by atoms with E-state index in [2.05, 4.69) is 0 Å². The van der Waals surface area contributed by atoms with Crippen LogP contribution < -0.4 is 5.73 Å². The molecule has 1 aromatic carbocycles. The Morgan fingerprint density at radius 3 is 2.83 bits per heavy atom. The van der Waals surface area contributed by atoms with Gasteiger partial charge in [-0.3, -0.25) is 0 Å². The number of anilines is 1. The highest BCUT2D eigenvalue weighted by Crippen LogP contribution is 2.22. The molecule has 1 unspecified atom stereocenters. The van der Waals surface area contributed by atoms with Gasteiger partial charge in [0, 0.05) is 5.92 Å². The fraction of sp³-hybridized carbons (Fsp3) is 0.222. The van der Waals surface area contributed by atoms with Crippen molar-refractivity contribution in [3.63, 3.8) is 0 Å². The van der Waals surface area contributed by atoms with E-state index in [4.69, 9.17) is 5.73 Å². The monoisotopic (exact) mass is 167 g/mol. The highest BCUT2D eigenvalue weighted by atomic mass is 19.1. The molecule has 3 heteroatoms. The van der Waals surface area contributed by atoms with Crippen molar-refractivity contribution in [3.8, 4) is 0 Å². The Balaban J connectivity index is 3.15. The molecule has 2 nitrogen and oxygen atoms in total. The van der Waals surface area contributed by atoms with Crippen molar-refractivity contribution in [1.82, 2.24) is 0 Å². The van der Waals surface area contributed by atoms with Crippen LogP contribution in [-0.2, 0) is 4.79 Å². The molecular weight excluding hydrogens is 157 g/mol. The number of aldehydes is 1. The van der Waals surface area contributed by atoms with Crippen molar-refractivity contribution >= 4 is 12.0 Å². The Hall–Kier alpha value is -1.38. The maximum Gasteiger partial charge on any atom is 0.146 e. The molecule has 0 saturated carbocycles. The number of carbonyl (C=O) groups is 1. The number of benzene rings is 1. The van der Waals surface area contributed by atoms with Crippen molar-refractivity contribution in [2.75, 3.05) is 5.73 Å². The molecule has 0 aliphatic heterocycles. The summed E-state index contributed by atoms with van der Waals surface area (Å²) in [5, 5.41) is 0. The molecule has 0 aliphatic carbocycles. The van der Waals surface area contributed by atoms with E-state index >= 15 is 0 Å². The molecule has 0 amide bonds. The Bertz CT molecular complexity index is 299. The second-order valence-electron chi connectivity index (χ2n) is 2.67. The zero-order chi connectivity index (χ0) is 9.14. The molecule has 1 rings (SSSR count). The van der Waals surface area contributed by atoms with Crippen LogP contribution >= 0.6 is 0 Å². The third-order valence-corrected chi connectivity index (χ3v) is 1.78. The molecule has 64 valence electrons. The number of nitrogen functional groups attached to an aromatic ring is 1. The molecule has 0 fully saturated rings. The van der Waals surface area contributed by atoms with Gasteiger partial charge < -0.3 is 10.5 Å². The number of carbonyl (C=O) groups excluding carboxylic acids is 1. The maximum absolute atomic E-state index is 12.8. The van der Waals surface area contributed by atoms with E-state index in [1.807, 2.05) is 0 Å². The summed E-state index contributed by atoms with van der Waals surface area (Å²) in [6, 6.07) is 4.47. The van der Waals surface area contributed by atoms with E-state index in [0.717, 1.165) is 6.29 Å². The molecule has 0 aliphatic rings. The van der Waals surface area contributed by atoms with Crippen molar-refractivity contribution in [2.24, 2.45) is 0 Å². The lowest BCUT2D eigenvalue weighted by Gasteiger charge is -2.07. The van der Waals surface area contributed by atoms with Gasteiger partial charge in [0.15, 0.2) is 0 Å². The van der Waals surface area contributed by atoms with E-state index in [1.165, 1.54) is 6.07 Å². The average molecular weight is 167 g/mol. The maximum atomic E-state index is 12.8. The van der Waals surface area contributed by atoms with Crippen LogP contribution in [0.1, 0.15) is 18.4 Å². The second kappa shape index (κ2) is 3.34. The first kappa shape index (κ1) is 8.71. The minimum absolute atomic E-state index is 0.0668. The van der Waals surface area contributed by atoms with Crippen LogP contribution in [0.25, 0.3) is 0 Å². The summed E-state index contributed by atoms with van der Waals surface area (Å²) in [5.41, 5.74) is 6.04. The van der Waals surface area contributed by atoms with Gasteiger partial charge in [-0.15, -0.1) is 0 Å². The summed E-state index contributed by atoms with van der Waals surface area (Å²) in [6.45, 7) is 1.68. The van der Waals surface area contributed by atoms with Crippen LogP contribution in [0.5, 0.6) is 0 Å². The molecular formula is C9H10FNO. The lowest BCUT2D eigenvalue weighted by molar-refractivity contribution is -0.108.